The van der Waals surface area contributed by atoms with Gasteiger partial charge in [-0.3, -0.25) is 9.79 Å². The van der Waals surface area contributed by atoms with Gasteiger partial charge in [-0.1, -0.05) is 33.4 Å². The molecule has 0 unspecified atom stereocenters. The molecule has 0 atom stereocenters. The van der Waals surface area contributed by atoms with Crippen LogP contribution in [-0.2, 0) is 4.79 Å². The fourth-order valence-electron chi connectivity index (χ4n) is 1.19. The lowest BCUT2D eigenvalue weighted by Gasteiger charge is -2.06. The number of nitrogens with zero attached hydrogens (tertiary/aromatic N) is 1. The Kier molecular flexibility index (Phi) is 7.35. The minimum absolute atomic E-state index is 0.00988. The Labute approximate surface area is 103 Å². The van der Waals surface area contributed by atoms with Crippen LogP contribution >= 0.6 is 0 Å². The van der Waals surface area contributed by atoms with Crippen molar-refractivity contribution in [1.29, 1.82) is 0 Å². The van der Waals surface area contributed by atoms with Crippen molar-refractivity contribution in [2.45, 2.75) is 27.2 Å². The smallest absolute Gasteiger partial charge is 0.224 e. The summed E-state index contributed by atoms with van der Waals surface area (Å²) in [7, 11) is 0. The van der Waals surface area contributed by atoms with E-state index in [4.69, 9.17) is 0 Å². The van der Waals surface area contributed by atoms with Gasteiger partial charge in [-0.25, -0.2) is 0 Å². The van der Waals surface area contributed by atoms with Gasteiger partial charge in [0.25, 0.3) is 0 Å². The Hall–Kier alpha value is -1.90. The van der Waals surface area contributed by atoms with E-state index in [1.807, 2.05) is 26.8 Å². The lowest BCUT2D eigenvalue weighted by molar-refractivity contribution is -0.115. The predicted octanol–water partition coefficient (Wildman–Crippen LogP) is 4.04. The first kappa shape index (κ1) is 15.1. The lowest BCUT2D eigenvalue weighted by Crippen LogP contribution is -2.09. The highest BCUT2D eigenvalue weighted by molar-refractivity contribution is 5.91. The summed E-state index contributed by atoms with van der Waals surface area (Å²) in [5, 5.41) is 2.77. The van der Waals surface area contributed by atoms with Gasteiger partial charge >= 0.3 is 0 Å². The first-order chi connectivity index (χ1) is 8.21. The summed E-state index contributed by atoms with van der Waals surface area (Å²) in [6, 6.07) is 5.42. The molecule has 0 radical (unpaired) electrons. The molecule has 0 spiro atoms. The number of nitrogens with one attached hydrogen (secondary N) is 1. The molecular weight excluding hydrogens is 212 g/mol. The monoisotopic (exact) mass is 232 g/mol. The summed E-state index contributed by atoms with van der Waals surface area (Å²) in [6.45, 7) is 12.9. The highest BCUT2D eigenvalue weighted by Crippen LogP contribution is 2.23. The Balaban J connectivity index is 0.00000121. The summed E-state index contributed by atoms with van der Waals surface area (Å²) < 4.78 is 0. The van der Waals surface area contributed by atoms with E-state index in [9.17, 15) is 4.79 Å². The SMILES string of the molecule is C=Cc1cc(NC(=O)CC)ccc1N=C.CC. The molecule has 0 aliphatic rings. The topological polar surface area (TPSA) is 41.5 Å². The fourth-order valence-corrected chi connectivity index (χ4v) is 1.19. The van der Waals surface area contributed by atoms with Gasteiger partial charge in [0.05, 0.1) is 5.69 Å². The number of carbonyl (C=O) groups excluding carboxylic acids is 1. The van der Waals surface area contributed by atoms with E-state index in [0.29, 0.717) is 6.42 Å². The van der Waals surface area contributed by atoms with Gasteiger partial charge in [0, 0.05) is 17.7 Å². The van der Waals surface area contributed by atoms with Crippen molar-refractivity contribution < 1.29 is 4.79 Å². The third kappa shape index (κ3) is 4.64. The number of anilines is 1. The highest BCUT2D eigenvalue weighted by Gasteiger charge is 2.02. The summed E-state index contributed by atoms with van der Waals surface area (Å²) >= 11 is 0. The van der Waals surface area contributed by atoms with Gasteiger partial charge in [-0.15, -0.1) is 0 Å². The third-order valence-corrected chi connectivity index (χ3v) is 2.02. The van der Waals surface area contributed by atoms with Gasteiger partial charge in [0.2, 0.25) is 5.91 Å². The van der Waals surface area contributed by atoms with Crippen LogP contribution in [0.1, 0.15) is 32.8 Å². The third-order valence-electron chi connectivity index (χ3n) is 2.02. The molecule has 0 saturated heterocycles. The average molecular weight is 232 g/mol. The number of aliphatic imine (C=N–C) groups is 1. The fraction of sp³-hybridized carbons (Fsp3) is 0.286. The van der Waals surface area contributed by atoms with Crippen LogP contribution in [0.25, 0.3) is 6.08 Å². The van der Waals surface area contributed by atoms with Gasteiger partial charge in [-0.2, -0.15) is 0 Å². The first-order valence-electron chi connectivity index (χ1n) is 5.74. The number of hydrogen-bond acceptors (Lipinski definition) is 2. The second kappa shape index (κ2) is 8.28. The summed E-state index contributed by atoms with van der Waals surface area (Å²) in [5.74, 6) is -0.00988. The maximum Gasteiger partial charge on any atom is 0.224 e. The molecule has 0 bridgehead atoms. The van der Waals surface area contributed by atoms with E-state index < -0.39 is 0 Å². The molecule has 0 aromatic heterocycles. The molecule has 17 heavy (non-hydrogen) atoms. The predicted molar refractivity (Wildman–Crippen MR) is 76.0 cm³/mol. The zero-order chi connectivity index (χ0) is 13.3. The minimum atomic E-state index is -0.00988. The van der Waals surface area contributed by atoms with Crippen molar-refractivity contribution in [1.82, 2.24) is 0 Å². The van der Waals surface area contributed by atoms with Crippen molar-refractivity contribution in [3.8, 4) is 0 Å². The molecule has 3 nitrogen and oxygen atoms in total. The molecule has 1 rings (SSSR count). The molecule has 1 aromatic carbocycles. The number of benzene rings is 1. The Morgan fingerprint density at radius 1 is 1.47 bits per heavy atom. The van der Waals surface area contributed by atoms with E-state index in [0.717, 1.165) is 16.9 Å². The Morgan fingerprint density at radius 2 is 2.12 bits per heavy atom. The van der Waals surface area contributed by atoms with Crippen molar-refractivity contribution in [3.63, 3.8) is 0 Å². The van der Waals surface area contributed by atoms with Gasteiger partial charge in [-0.05, 0) is 24.9 Å². The molecule has 92 valence electrons. The van der Waals surface area contributed by atoms with Crippen LogP contribution in [0.5, 0.6) is 0 Å². The molecule has 0 aliphatic carbocycles. The van der Waals surface area contributed by atoms with Crippen LogP contribution in [0.2, 0.25) is 0 Å². The molecule has 1 N–H and O–H groups in total. The largest absolute Gasteiger partial charge is 0.326 e. The molecule has 3 heteroatoms. The summed E-state index contributed by atoms with van der Waals surface area (Å²) in [4.78, 5) is 15.0. The van der Waals surface area contributed by atoms with Crippen LogP contribution in [0.15, 0.2) is 29.8 Å². The molecule has 1 aromatic rings. The molecule has 0 fully saturated rings. The standard InChI is InChI=1S/C12H14N2O.C2H6/c1-4-9-8-10(14-12(15)5-2)6-7-11(9)13-3;1-2/h4,6-8H,1,3,5H2,2H3,(H,14,15);1-2H3. The maximum absolute atomic E-state index is 11.2. The molecular formula is C14H20N2O. The quantitative estimate of drug-likeness (QED) is 0.782. The Morgan fingerprint density at radius 3 is 2.59 bits per heavy atom. The molecule has 0 saturated carbocycles. The normalized spacial score (nSPS) is 8.65. The number of carbonyl (C=O) groups is 1. The van der Waals surface area contributed by atoms with Crippen molar-refractivity contribution in [2.75, 3.05) is 5.32 Å². The number of amides is 1. The van der Waals surface area contributed by atoms with E-state index in [2.05, 4.69) is 23.6 Å². The van der Waals surface area contributed by atoms with E-state index in [-0.39, 0.29) is 5.91 Å². The van der Waals surface area contributed by atoms with E-state index >= 15 is 0 Å². The van der Waals surface area contributed by atoms with Crippen molar-refractivity contribution in [2.24, 2.45) is 4.99 Å². The molecule has 0 heterocycles. The first-order valence-corrected chi connectivity index (χ1v) is 5.74. The zero-order valence-electron chi connectivity index (χ0n) is 10.8. The van der Waals surface area contributed by atoms with Gasteiger partial charge in [0.15, 0.2) is 0 Å². The molecule has 0 aliphatic heterocycles. The van der Waals surface area contributed by atoms with Crippen molar-refractivity contribution in [3.05, 3.63) is 30.3 Å². The molecule has 1 amide bonds. The Bertz CT molecular complexity index is 397. The highest BCUT2D eigenvalue weighted by atomic mass is 16.1. The van der Waals surface area contributed by atoms with Crippen molar-refractivity contribution >= 4 is 30.1 Å². The van der Waals surface area contributed by atoms with Crippen LogP contribution in [0.4, 0.5) is 11.4 Å². The second-order valence-corrected chi connectivity index (χ2v) is 3.04. The number of rotatable bonds is 4. The van der Waals surface area contributed by atoms with Crippen LogP contribution in [0.3, 0.4) is 0 Å². The van der Waals surface area contributed by atoms with Gasteiger partial charge in [0.1, 0.15) is 0 Å². The minimum Gasteiger partial charge on any atom is -0.326 e. The second-order valence-electron chi connectivity index (χ2n) is 3.04. The van der Waals surface area contributed by atoms with Crippen LogP contribution < -0.4 is 5.32 Å². The summed E-state index contributed by atoms with van der Waals surface area (Å²) in [6.07, 6.45) is 2.15. The van der Waals surface area contributed by atoms with E-state index in [1.54, 1.807) is 18.2 Å². The summed E-state index contributed by atoms with van der Waals surface area (Å²) in [5.41, 5.74) is 2.38. The average Bonchev–Trinajstić information content (AvgIpc) is 2.40. The van der Waals surface area contributed by atoms with Gasteiger partial charge < -0.3 is 5.32 Å². The van der Waals surface area contributed by atoms with Crippen LogP contribution in [-0.4, -0.2) is 12.6 Å². The van der Waals surface area contributed by atoms with E-state index in [1.165, 1.54) is 0 Å². The number of hydrogen-bond donors (Lipinski definition) is 1. The van der Waals surface area contributed by atoms with Crippen LogP contribution in [0, 0.1) is 0 Å². The maximum atomic E-state index is 11.2. The lowest BCUT2D eigenvalue weighted by atomic mass is 10.1. The zero-order valence-corrected chi connectivity index (χ0v) is 10.8.